The number of pyridine rings is 1. The molecule has 5 aromatic rings. The molecule has 2 fully saturated rings. The normalized spacial score (nSPS) is 18.1. The first kappa shape index (κ1) is 27.0. The van der Waals surface area contributed by atoms with Crippen LogP contribution in [0.25, 0.3) is 22.1 Å². The molecule has 42 heavy (non-hydrogen) atoms. The first-order chi connectivity index (χ1) is 20.4. The Labute approximate surface area is 246 Å². The average molecular weight is 589 g/mol. The van der Waals surface area contributed by atoms with E-state index in [2.05, 4.69) is 28.1 Å². The molecule has 2 aromatic carbocycles. The molecule has 7 rings (SSSR count). The summed E-state index contributed by atoms with van der Waals surface area (Å²) in [6, 6.07) is 14.3. The van der Waals surface area contributed by atoms with Gasteiger partial charge in [-0.1, -0.05) is 35.9 Å². The van der Waals surface area contributed by atoms with Crippen LogP contribution in [0.1, 0.15) is 52.6 Å². The molecule has 2 saturated heterocycles. The van der Waals surface area contributed by atoms with Crippen LogP contribution in [0.2, 0.25) is 5.02 Å². The van der Waals surface area contributed by atoms with E-state index in [1.54, 1.807) is 22.9 Å². The fraction of sp³-hybridized carbons (Fsp3) is 0.355. The molecule has 11 heteroatoms. The molecule has 1 N–H and O–H groups in total. The summed E-state index contributed by atoms with van der Waals surface area (Å²) in [5, 5.41) is 15.7. The zero-order valence-corrected chi connectivity index (χ0v) is 23.7. The second-order valence-electron chi connectivity index (χ2n) is 11.2. The molecular weight excluding hydrogens is 559 g/mol. The number of likely N-dealkylation sites (tertiary alicyclic amines) is 1. The van der Waals surface area contributed by atoms with Crippen molar-refractivity contribution < 1.29 is 19.0 Å². The van der Waals surface area contributed by atoms with Crippen LogP contribution in [0, 0.1) is 5.82 Å². The molecule has 216 valence electrons. The molecule has 0 amide bonds. The minimum Gasteiger partial charge on any atom is -0.477 e. The number of carboxylic acids is 1. The van der Waals surface area contributed by atoms with Crippen molar-refractivity contribution in [3.05, 3.63) is 88.2 Å². The summed E-state index contributed by atoms with van der Waals surface area (Å²) in [5.41, 5.74) is 4.04. The lowest BCUT2D eigenvalue weighted by Crippen LogP contribution is -2.35. The number of imidazole rings is 1. The van der Waals surface area contributed by atoms with Crippen LogP contribution in [0.4, 0.5) is 4.39 Å². The van der Waals surface area contributed by atoms with Crippen LogP contribution >= 0.6 is 11.6 Å². The van der Waals surface area contributed by atoms with E-state index in [1.807, 2.05) is 10.8 Å². The molecule has 1 atom stereocenters. The summed E-state index contributed by atoms with van der Waals surface area (Å²) < 4.78 is 23.9. The van der Waals surface area contributed by atoms with Crippen LogP contribution in [-0.4, -0.2) is 66.1 Å². The van der Waals surface area contributed by atoms with Crippen molar-refractivity contribution in [3.63, 3.8) is 0 Å². The smallest absolute Gasteiger partial charge is 0.354 e. The number of carboxylic acid groups (broad SMARTS) is 1. The lowest BCUT2D eigenvalue weighted by atomic mass is 9.88. The molecule has 2 aliphatic heterocycles. The van der Waals surface area contributed by atoms with Crippen molar-refractivity contribution in [2.45, 2.75) is 50.9 Å². The SMILES string of the molecule is O=C(O)c1ccc2nc(CN3CCC(c4cccc5cn(Cc6ccc(Cl)cc6F)nc45)CC3)n(C[C@@H]3CCO3)c2n1. The lowest BCUT2D eigenvalue weighted by molar-refractivity contribution is -0.0593. The van der Waals surface area contributed by atoms with Crippen molar-refractivity contribution in [1.29, 1.82) is 0 Å². The van der Waals surface area contributed by atoms with Crippen molar-refractivity contribution in [1.82, 2.24) is 29.2 Å². The Morgan fingerprint density at radius 1 is 1.07 bits per heavy atom. The Kier molecular flexibility index (Phi) is 7.13. The number of hydrogen-bond acceptors (Lipinski definition) is 6. The van der Waals surface area contributed by atoms with Gasteiger partial charge in [0.25, 0.3) is 0 Å². The topological polar surface area (TPSA) is 98.3 Å². The van der Waals surface area contributed by atoms with Gasteiger partial charge >= 0.3 is 5.97 Å². The van der Waals surface area contributed by atoms with E-state index in [9.17, 15) is 14.3 Å². The van der Waals surface area contributed by atoms with Gasteiger partial charge in [0.1, 0.15) is 17.2 Å². The number of benzene rings is 2. The van der Waals surface area contributed by atoms with Crippen LogP contribution in [0.5, 0.6) is 0 Å². The van der Waals surface area contributed by atoms with Gasteiger partial charge in [-0.3, -0.25) is 9.58 Å². The summed E-state index contributed by atoms with van der Waals surface area (Å²) in [7, 11) is 0. The fourth-order valence-electron chi connectivity index (χ4n) is 6.07. The van der Waals surface area contributed by atoms with Gasteiger partial charge in [-0.2, -0.15) is 5.10 Å². The third kappa shape index (κ3) is 5.26. The molecule has 0 spiro atoms. The van der Waals surface area contributed by atoms with E-state index in [-0.39, 0.29) is 17.6 Å². The number of carbonyl (C=O) groups is 1. The monoisotopic (exact) mass is 588 g/mol. The molecule has 0 aliphatic carbocycles. The third-order valence-electron chi connectivity index (χ3n) is 8.42. The molecule has 5 heterocycles. The van der Waals surface area contributed by atoms with E-state index in [0.29, 0.717) is 47.3 Å². The molecule has 0 bridgehead atoms. The van der Waals surface area contributed by atoms with E-state index in [4.69, 9.17) is 26.4 Å². The lowest BCUT2D eigenvalue weighted by Gasteiger charge is -2.32. The molecule has 3 aromatic heterocycles. The zero-order chi connectivity index (χ0) is 28.8. The van der Waals surface area contributed by atoms with Crippen LogP contribution in [0.3, 0.4) is 0 Å². The predicted octanol–water partition coefficient (Wildman–Crippen LogP) is 5.49. The van der Waals surface area contributed by atoms with Crippen LogP contribution < -0.4 is 0 Å². The van der Waals surface area contributed by atoms with Crippen molar-refractivity contribution in [2.75, 3.05) is 19.7 Å². The molecule has 0 radical (unpaired) electrons. The molecule has 9 nitrogen and oxygen atoms in total. The van der Waals surface area contributed by atoms with Gasteiger partial charge in [-0.15, -0.1) is 0 Å². The summed E-state index contributed by atoms with van der Waals surface area (Å²) in [5.74, 6) is -0.140. The van der Waals surface area contributed by atoms with Crippen molar-refractivity contribution in [3.8, 4) is 0 Å². The Morgan fingerprint density at radius 3 is 2.64 bits per heavy atom. The van der Waals surface area contributed by atoms with Crippen LogP contribution in [-0.2, 0) is 24.4 Å². The maximum atomic E-state index is 14.4. The number of fused-ring (bicyclic) bond motifs is 2. The highest BCUT2D eigenvalue weighted by molar-refractivity contribution is 6.30. The maximum Gasteiger partial charge on any atom is 0.354 e. The van der Waals surface area contributed by atoms with Gasteiger partial charge in [0.2, 0.25) is 0 Å². The Bertz CT molecular complexity index is 1790. The minimum atomic E-state index is -1.05. The van der Waals surface area contributed by atoms with Crippen molar-refractivity contribution >= 4 is 39.6 Å². The number of rotatable bonds is 8. The highest BCUT2D eigenvalue weighted by Gasteiger charge is 2.27. The number of aromatic carboxylic acids is 1. The van der Waals surface area contributed by atoms with E-state index < -0.39 is 5.97 Å². The molecule has 0 unspecified atom stereocenters. The summed E-state index contributed by atoms with van der Waals surface area (Å²) in [6.45, 7) is 4.15. The van der Waals surface area contributed by atoms with Crippen LogP contribution in [0.15, 0.2) is 54.7 Å². The largest absolute Gasteiger partial charge is 0.477 e. The Morgan fingerprint density at radius 2 is 1.90 bits per heavy atom. The quantitative estimate of drug-likeness (QED) is 0.256. The van der Waals surface area contributed by atoms with Crippen molar-refractivity contribution in [2.24, 2.45) is 0 Å². The summed E-state index contributed by atoms with van der Waals surface area (Å²) >= 11 is 5.92. The summed E-state index contributed by atoms with van der Waals surface area (Å²) in [6.07, 6.45) is 5.00. The standard InChI is InChI=1S/C31H30ClFN6O3/c32-22-5-4-20(25(33)14-22)15-38-16-21-2-1-3-24(29(21)36-38)19-8-11-37(12-9-19)18-28-34-26-6-7-27(31(40)41)35-30(26)39(28)17-23-10-13-42-23/h1-7,14,16,19,23H,8-13,15,17-18H2,(H,40,41)/t23-/m0/s1. The second-order valence-corrected chi connectivity index (χ2v) is 11.6. The second kappa shape index (κ2) is 11.1. The number of ether oxygens (including phenoxy) is 1. The Hall–Kier alpha value is -3.86. The van der Waals surface area contributed by atoms with Gasteiger partial charge < -0.3 is 14.4 Å². The zero-order valence-electron chi connectivity index (χ0n) is 22.9. The number of piperidine rings is 1. The first-order valence-electron chi connectivity index (χ1n) is 14.2. The first-order valence-corrected chi connectivity index (χ1v) is 14.6. The van der Waals surface area contributed by atoms with Gasteiger partial charge in [0.15, 0.2) is 11.3 Å². The van der Waals surface area contributed by atoms with Gasteiger partial charge in [0.05, 0.1) is 31.3 Å². The highest BCUT2D eigenvalue weighted by Crippen LogP contribution is 2.33. The predicted molar refractivity (Wildman–Crippen MR) is 156 cm³/mol. The number of aromatic nitrogens is 5. The number of nitrogens with zero attached hydrogens (tertiary/aromatic N) is 6. The Balaban J connectivity index is 1.07. The number of halogens is 2. The minimum absolute atomic E-state index is 0.0143. The van der Waals surface area contributed by atoms with Gasteiger partial charge in [-0.05, 0) is 68.1 Å². The molecule has 0 saturated carbocycles. The van der Waals surface area contributed by atoms with Gasteiger partial charge in [-0.25, -0.2) is 19.2 Å². The number of hydrogen-bond donors (Lipinski definition) is 1. The average Bonchev–Trinajstić information content (AvgIpc) is 3.52. The van der Waals surface area contributed by atoms with Gasteiger partial charge in [0, 0.05) is 28.8 Å². The fourth-order valence-corrected chi connectivity index (χ4v) is 6.23. The summed E-state index contributed by atoms with van der Waals surface area (Å²) in [4.78, 5) is 23.2. The molecular formula is C31H30ClFN6O3. The maximum absolute atomic E-state index is 14.4. The van der Waals surface area contributed by atoms with E-state index in [1.165, 1.54) is 17.7 Å². The van der Waals surface area contributed by atoms with E-state index in [0.717, 1.165) is 55.7 Å². The third-order valence-corrected chi connectivity index (χ3v) is 8.66. The highest BCUT2D eigenvalue weighted by atomic mass is 35.5. The van der Waals surface area contributed by atoms with E-state index >= 15 is 0 Å². The molecule has 2 aliphatic rings.